The Balaban J connectivity index is 0.00000225. The first kappa shape index (κ1) is 15.9. The molecule has 0 fully saturated rings. The number of thiophene rings is 1. The molecule has 0 spiro atoms. The monoisotopic (exact) mass is 284 g/mol. The van der Waals surface area contributed by atoms with Crippen molar-refractivity contribution in [2.45, 2.75) is 30.5 Å². The van der Waals surface area contributed by atoms with Crippen molar-refractivity contribution in [3.8, 4) is 0 Å². The number of hydrogen-bond acceptors (Lipinski definition) is 4. The molecule has 1 rings (SSSR count). The van der Waals surface area contributed by atoms with E-state index in [-0.39, 0.29) is 19.0 Å². The van der Waals surface area contributed by atoms with Crippen LogP contribution >= 0.6 is 23.7 Å². The lowest BCUT2D eigenvalue weighted by atomic mass is 10.1. The van der Waals surface area contributed by atoms with Gasteiger partial charge in [-0.2, -0.15) is 0 Å². The fraction of sp³-hybridized carbons (Fsp3) is 0.556. The standard InChI is InChI=1S/C9H16N2O2S2.ClH/c1-7-4-5-8(14-7)15(12,13)11-9(2,3)6-10;/h4-5,11H,6,10H2,1-3H3;1H. The van der Waals surface area contributed by atoms with Crippen molar-refractivity contribution in [2.75, 3.05) is 6.54 Å². The van der Waals surface area contributed by atoms with Gasteiger partial charge in [-0.3, -0.25) is 0 Å². The maximum atomic E-state index is 11.9. The second kappa shape index (κ2) is 5.46. The molecule has 1 heterocycles. The summed E-state index contributed by atoms with van der Waals surface area (Å²) in [5.74, 6) is 0. The van der Waals surface area contributed by atoms with E-state index in [1.165, 1.54) is 11.3 Å². The molecule has 0 saturated heterocycles. The summed E-state index contributed by atoms with van der Waals surface area (Å²) in [6.07, 6.45) is 0. The van der Waals surface area contributed by atoms with E-state index in [2.05, 4.69) is 4.72 Å². The summed E-state index contributed by atoms with van der Waals surface area (Å²) >= 11 is 1.25. The van der Waals surface area contributed by atoms with Crippen molar-refractivity contribution in [1.29, 1.82) is 0 Å². The Bertz CT molecular complexity index is 440. The van der Waals surface area contributed by atoms with Crippen molar-refractivity contribution in [1.82, 2.24) is 4.72 Å². The second-order valence-corrected chi connectivity index (χ2v) is 7.26. The number of rotatable bonds is 4. The van der Waals surface area contributed by atoms with Crippen LogP contribution in [0.1, 0.15) is 18.7 Å². The first-order valence-corrected chi connectivity index (χ1v) is 6.87. The molecule has 0 aromatic carbocycles. The summed E-state index contributed by atoms with van der Waals surface area (Å²) < 4.78 is 26.6. The fourth-order valence-corrected chi connectivity index (χ4v) is 3.72. The van der Waals surface area contributed by atoms with Crippen molar-refractivity contribution in [3.63, 3.8) is 0 Å². The van der Waals surface area contributed by atoms with E-state index in [4.69, 9.17) is 5.73 Å². The van der Waals surface area contributed by atoms with Gasteiger partial charge in [0.05, 0.1) is 0 Å². The molecular weight excluding hydrogens is 268 g/mol. The molecule has 4 nitrogen and oxygen atoms in total. The first-order chi connectivity index (χ1) is 6.77. The van der Waals surface area contributed by atoms with Gasteiger partial charge in [0, 0.05) is 17.0 Å². The van der Waals surface area contributed by atoms with Crippen molar-refractivity contribution < 1.29 is 8.42 Å². The van der Waals surface area contributed by atoms with Crippen LogP contribution in [-0.4, -0.2) is 20.5 Å². The fourth-order valence-electron chi connectivity index (χ4n) is 1.01. The predicted molar refractivity (Wildman–Crippen MR) is 69.8 cm³/mol. The largest absolute Gasteiger partial charge is 0.329 e. The quantitative estimate of drug-likeness (QED) is 0.880. The molecule has 0 unspecified atom stereocenters. The highest BCUT2D eigenvalue weighted by Crippen LogP contribution is 2.21. The van der Waals surface area contributed by atoms with Crippen LogP contribution < -0.4 is 10.5 Å². The molecule has 0 atom stereocenters. The molecule has 0 aliphatic heterocycles. The molecule has 0 aliphatic rings. The van der Waals surface area contributed by atoms with E-state index in [1.54, 1.807) is 26.0 Å². The number of hydrogen-bond donors (Lipinski definition) is 2. The molecule has 3 N–H and O–H groups in total. The van der Waals surface area contributed by atoms with Gasteiger partial charge in [-0.25, -0.2) is 13.1 Å². The molecule has 7 heteroatoms. The topological polar surface area (TPSA) is 72.2 Å². The van der Waals surface area contributed by atoms with E-state index in [1.807, 2.05) is 6.92 Å². The smallest absolute Gasteiger partial charge is 0.250 e. The number of nitrogens with two attached hydrogens (primary N) is 1. The SMILES string of the molecule is Cc1ccc(S(=O)(=O)NC(C)(C)CN)s1.Cl. The number of sulfonamides is 1. The van der Waals surface area contributed by atoms with E-state index in [9.17, 15) is 8.42 Å². The van der Waals surface area contributed by atoms with Gasteiger partial charge in [0.2, 0.25) is 0 Å². The van der Waals surface area contributed by atoms with Gasteiger partial charge in [0.25, 0.3) is 10.0 Å². The number of aryl methyl sites for hydroxylation is 1. The Morgan fingerprint density at radius 3 is 2.38 bits per heavy atom. The Morgan fingerprint density at radius 1 is 1.44 bits per heavy atom. The molecule has 1 aromatic rings. The number of nitrogens with one attached hydrogen (secondary N) is 1. The van der Waals surface area contributed by atoms with Gasteiger partial charge in [0.15, 0.2) is 0 Å². The summed E-state index contributed by atoms with van der Waals surface area (Å²) in [5.41, 5.74) is 4.86. The van der Waals surface area contributed by atoms with E-state index < -0.39 is 15.6 Å². The zero-order valence-electron chi connectivity index (χ0n) is 9.48. The van der Waals surface area contributed by atoms with Crippen LogP contribution in [0.2, 0.25) is 0 Å². The third-order valence-corrected chi connectivity index (χ3v) is 5.09. The van der Waals surface area contributed by atoms with Gasteiger partial charge in [-0.05, 0) is 32.9 Å². The Hall–Kier alpha value is -0.140. The third kappa shape index (κ3) is 4.03. The summed E-state index contributed by atoms with van der Waals surface area (Å²) in [7, 11) is -3.42. The molecule has 1 aromatic heterocycles. The highest BCUT2D eigenvalue weighted by Gasteiger charge is 2.25. The van der Waals surface area contributed by atoms with E-state index in [0.29, 0.717) is 4.21 Å². The van der Waals surface area contributed by atoms with Crippen LogP contribution in [-0.2, 0) is 10.0 Å². The minimum Gasteiger partial charge on any atom is -0.329 e. The highest BCUT2D eigenvalue weighted by atomic mass is 35.5. The average Bonchev–Trinajstić information content (AvgIpc) is 2.51. The minimum atomic E-state index is -3.42. The molecule has 94 valence electrons. The van der Waals surface area contributed by atoms with Crippen LogP contribution in [0.4, 0.5) is 0 Å². The van der Waals surface area contributed by atoms with E-state index in [0.717, 1.165) is 4.88 Å². The highest BCUT2D eigenvalue weighted by molar-refractivity contribution is 7.91. The summed E-state index contributed by atoms with van der Waals surface area (Å²) in [6.45, 7) is 5.64. The van der Waals surface area contributed by atoms with Crippen LogP contribution in [0.5, 0.6) is 0 Å². The summed E-state index contributed by atoms with van der Waals surface area (Å²) in [6, 6.07) is 3.39. The van der Waals surface area contributed by atoms with Crippen molar-refractivity contribution in [3.05, 3.63) is 17.0 Å². The second-order valence-electron chi connectivity index (χ2n) is 4.06. The molecule has 0 amide bonds. The summed E-state index contributed by atoms with van der Waals surface area (Å²) in [4.78, 5) is 0.973. The van der Waals surface area contributed by atoms with E-state index >= 15 is 0 Å². The Morgan fingerprint density at radius 2 is 2.00 bits per heavy atom. The lowest BCUT2D eigenvalue weighted by Crippen LogP contribution is -2.48. The predicted octanol–water partition coefficient (Wildman–Crippen LogP) is 1.49. The van der Waals surface area contributed by atoms with Gasteiger partial charge >= 0.3 is 0 Å². The number of halogens is 1. The minimum absolute atomic E-state index is 0. The molecule has 0 aliphatic carbocycles. The molecule has 0 radical (unpaired) electrons. The van der Waals surface area contributed by atoms with Gasteiger partial charge < -0.3 is 5.73 Å². The zero-order chi connectivity index (χ0) is 11.7. The summed E-state index contributed by atoms with van der Waals surface area (Å²) in [5, 5.41) is 0. The van der Waals surface area contributed by atoms with Crippen LogP contribution in [0.25, 0.3) is 0 Å². The van der Waals surface area contributed by atoms with Crippen LogP contribution in [0, 0.1) is 6.92 Å². The Kier molecular flexibility index (Phi) is 5.41. The average molecular weight is 285 g/mol. The molecule has 16 heavy (non-hydrogen) atoms. The van der Waals surface area contributed by atoms with Crippen molar-refractivity contribution >= 4 is 33.8 Å². The first-order valence-electron chi connectivity index (χ1n) is 4.57. The van der Waals surface area contributed by atoms with Crippen LogP contribution in [0.3, 0.4) is 0 Å². The third-order valence-electron chi connectivity index (χ3n) is 1.90. The van der Waals surface area contributed by atoms with Crippen molar-refractivity contribution in [2.24, 2.45) is 5.73 Å². The van der Waals surface area contributed by atoms with Gasteiger partial charge in [-0.15, -0.1) is 23.7 Å². The molecular formula is C9H17ClN2O2S2. The van der Waals surface area contributed by atoms with Gasteiger partial charge in [0.1, 0.15) is 4.21 Å². The lowest BCUT2D eigenvalue weighted by Gasteiger charge is -2.23. The molecule has 0 saturated carbocycles. The lowest BCUT2D eigenvalue weighted by molar-refractivity contribution is 0.463. The zero-order valence-corrected chi connectivity index (χ0v) is 11.9. The normalized spacial score (nSPS) is 12.2. The van der Waals surface area contributed by atoms with Crippen LogP contribution in [0.15, 0.2) is 16.3 Å². The maximum Gasteiger partial charge on any atom is 0.250 e. The Labute approximate surface area is 107 Å². The molecule has 0 bridgehead atoms. The van der Waals surface area contributed by atoms with Gasteiger partial charge in [-0.1, -0.05) is 0 Å². The maximum absolute atomic E-state index is 11.9.